The number of carbonyl (C=O) groups excluding carboxylic acids is 2. The Balaban J connectivity index is 1.86. The second kappa shape index (κ2) is 12.4. The van der Waals surface area contributed by atoms with Crippen molar-refractivity contribution in [2.45, 2.75) is 43.9 Å². The van der Waals surface area contributed by atoms with Crippen LogP contribution in [0, 0.1) is 5.82 Å². The van der Waals surface area contributed by atoms with Gasteiger partial charge in [0.25, 0.3) is 0 Å². The number of nitrogens with zero attached hydrogens (tertiary/aromatic N) is 1. The largest absolute Gasteiger partial charge is 0.465 e. The van der Waals surface area contributed by atoms with E-state index in [9.17, 15) is 14.0 Å². The lowest BCUT2D eigenvalue weighted by atomic mass is 10.3. The summed E-state index contributed by atoms with van der Waals surface area (Å²) in [7, 11) is 0. The third-order valence-corrected chi connectivity index (χ3v) is 6.13. The first-order valence-corrected chi connectivity index (χ1v) is 11.4. The van der Waals surface area contributed by atoms with E-state index < -0.39 is 5.82 Å². The Kier molecular flexibility index (Phi) is 10.3. The smallest absolute Gasteiger partial charge is 0.316 e. The predicted octanol–water partition coefficient (Wildman–Crippen LogP) is 5.09. The molecule has 1 aliphatic rings. The number of benzene rings is 1. The fraction of sp³-hybridized carbons (Fsp3) is 0.556. The highest BCUT2D eigenvalue weighted by molar-refractivity contribution is 8.14. The van der Waals surface area contributed by atoms with Gasteiger partial charge in [-0.3, -0.25) is 14.6 Å². The Labute approximate surface area is 178 Å². The molecule has 0 bridgehead atoms. The SMILES string of the molecule is CCCCCOC(=O)CSc1cc(NSC(=O)N2CCCCN2)c(F)cc1Cl. The molecule has 6 nitrogen and oxygen atoms in total. The lowest BCUT2D eigenvalue weighted by Gasteiger charge is -2.27. The average molecular weight is 450 g/mol. The van der Waals surface area contributed by atoms with Gasteiger partial charge in [0.15, 0.2) is 0 Å². The highest BCUT2D eigenvalue weighted by Crippen LogP contribution is 2.33. The van der Waals surface area contributed by atoms with Crippen LogP contribution in [0.2, 0.25) is 5.02 Å². The number of nitrogens with one attached hydrogen (secondary N) is 2. The van der Waals surface area contributed by atoms with Gasteiger partial charge in [0.2, 0.25) is 0 Å². The Morgan fingerprint density at radius 1 is 1.36 bits per heavy atom. The normalized spacial score (nSPS) is 14.0. The number of hydrogen-bond donors (Lipinski definition) is 2. The van der Waals surface area contributed by atoms with Crippen LogP contribution in [-0.4, -0.2) is 41.7 Å². The summed E-state index contributed by atoms with van der Waals surface area (Å²) in [5.41, 5.74) is 3.14. The molecule has 1 aliphatic heterocycles. The molecule has 1 aromatic carbocycles. The lowest BCUT2D eigenvalue weighted by molar-refractivity contribution is -0.140. The molecule has 1 aromatic rings. The minimum atomic E-state index is -0.566. The molecule has 2 rings (SSSR count). The van der Waals surface area contributed by atoms with E-state index >= 15 is 0 Å². The minimum Gasteiger partial charge on any atom is -0.465 e. The zero-order valence-corrected chi connectivity index (χ0v) is 18.2. The van der Waals surface area contributed by atoms with Crippen LogP contribution in [0.15, 0.2) is 17.0 Å². The Bertz CT molecular complexity index is 676. The fourth-order valence-corrected chi connectivity index (χ4v) is 4.12. The highest BCUT2D eigenvalue weighted by atomic mass is 35.5. The summed E-state index contributed by atoms with van der Waals surface area (Å²) in [6.45, 7) is 3.85. The van der Waals surface area contributed by atoms with Gasteiger partial charge in [0.1, 0.15) is 5.82 Å². The van der Waals surface area contributed by atoms with E-state index in [1.54, 1.807) is 0 Å². The predicted molar refractivity (Wildman–Crippen MR) is 113 cm³/mol. The summed E-state index contributed by atoms with van der Waals surface area (Å²) in [5, 5.41) is 1.49. The number of thioether (sulfide) groups is 1. The number of halogens is 2. The molecule has 0 saturated carbocycles. The van der Waals surface area contributed by atoms with Crippen molar-refractivity contribution >= 4 is 52.2 Å². The minimum absolute atomic E-state index is 0.0840. The molecule has 1 saturated heterocycles. The van der Waals surface area contributed by atoms with E-state index in [2.05, 4.69) is 17.1 Å². The van der Waals surface area contributed by atoms with E-state index in [-0.39, 0.29) is 27.7 Å². The first-order chi connectivity index (χ1) is 13.5. The molecule has 0 atom stereocenters. The summed E-state index contributed by atoms with van der Waals surface area (Å²) in [6.07, 6.45) is 4.87. The first-order valence-electron chi connectivity index (χ1n) is 9.26. The number of ether oxygens (including phenoxy) is 1. The van der Waals surface area contributed by atoms with E-state index in [0.717, 1.165) is 50.6 Å². The second-order valence-corrected chi connectivity index (χ2v) is 8.40. The molecule has 1 heterocycles. The number of anilines is 1. The van der Waals surface area contributed by atoms with Crippen molar-refractivity contribution in [3.63, 3.8) is 0 Å². The van der Waals surface area contributed by atoms with Crippen LogP contribution in [0.25, 0.3) is 0 Å². The molecule has 156 valence electrons. The first kappa shape index (κ1) is 23.1. The monoisotopic (exact) mass is 449 g/mol. The molecule has 28 heavy (non-hydrogen) atoms. The molecule has 0 aliphatic carbocycles. The molecular weight excluding hydrogens is 425 g/mol. The number of esters is 1. The third-order valence-electron chi connectivity index (χ3n) is 3.96. The van der Waals surface area contributed by atoms with Gasteiger partial charge < -0.3 is 9.46 Å². The molecule has 0 radical (unpaired) electrons. The Morgan fingerprint density at radius 3 is 2.89 bits per heavy atom. The van der Waals surface area contributed by atoms with Gasteiger partial charge >= 0.3 is 11.2 Å². The molecular formula is C18H25ClFN3O3S2. The lowest BCUT2D eigenvalue weighted by Crippen LogP contribution is -2.45. The van der Waals surface area contributed by atoms with Crippen molar-refractivity contribution in [2.75, 3.05) is 30.2 Å². The topological polar surface area (TPSA) is 70.7 Å². The highest BCUT2D eigenvalue weighted by Gasteiger charge is 2.18. The summed E-state index contributed by atoms with van der Waals surface area (Å²) in [5.74, 6) is -0.819. The van der Waals surface area contributed by atoms with Gasteiger partial charge in [-0.15, -0.1) is 11.8 Å². The fourth-order valence-electron chi connectivity index (χ4n) is 2.43. The van der Waals surface area contributed by atoms with Crippen LogP contribution in [-0.2, 0) is 9.53 Å². The van der Waals surface area contributed by atoms with Crippen LogP contribution in [0.5, 0.6) is 0 Å². The van der Waals surface area contributed by atoms with Crippen molar-refractivity contribution < 1.29 is 18.7 Å². The van der Waals surface area contributed by atoms with Gasteiger partial charge in [-0.1, -0.05) is 31.4 Å². The zero-order valence-electron chi connectivity index (χ0n) is 15.8. The number of carbonyl (C=O) groups is 2. The van der Waals surface area contributed by atoms with Crippen LogP contribution in [0.3, 0.4) is 0 Å². The quantitative estimate of drug-likeness (QED) is 0.235. The van der Waals surface area contributed by atoms with Crippen LogP contribution >= 0.6 is 35.3 Å². The van der Waals surface area contributed by atoms with E-state index in [4.69, 9.17) is 16.3 Å². The molecule has 0 spiro atoms. The van der Waals surface area contributed by atoms with Crippen LogP contribution < -0.4 is 10.1 Å². The van der Waals surface area contributed by atoms with Crippen molar-refractivity contribution in [2.24, 2.45) is 0 Å². The van der Waals surface area contributed by atoms with E-state index in [1.165, 1.54) is 28.9 Å². The number of hydrazine groups is 1. The van der Waals surface area contributed by atoms with E-state index in [1.807, 2.05) is 0 Å². The maximum atomic E-state index is 14.2. The Hall–Kier alpha value is -1.16. The van der Waals surface area contributed by atoms with E-state index in [0.29, 0.717) is 18.0 Å². The van der Waals surface area contributed by atoms with Crippen molar-refractivity contribution in [1.29, 1.82) is 0 Å². The van der Waals surface area contributed by atoms with Crippen molar-refractivity contribution in [1.82, 2.24) is 10.4 Å². The number of unbranched alkanes of at least 4 members (excludes halogenated alkanes) is 2. The molecule has 2 N–H and O–H groups in total. The molecule has 0 aromatic heterocycles. The second-order valence-electron chi connectivity index (χ2n) is 6.22. The summed E-state index contributed by atoms with van der Waals surface area (Å²) < 4.78 is 22.0. The summed E-state index contributed by atoms with van der Waals surface area (Å²) in [4.78, 5) is 24.5. The van der Waals surface area contributed by atoms with Crippen LogP contribution in [0.1, 0.15) is 39.0 Å². The summed E-state index contributed by atoms with van der Waals surface area (Å²) >= 11 is 8.05. The van der Waals surface area contributed by atoms with Gasteiger partial charge in [0, 0.05) is 29.9 Å². The van der Waals surface area contributed by atoms with Gasteiger partial charge in [-0.05, 0) is 31.4 Å². The third kappa shape index (κ3) is 7.69. The van der Waals surface area contributed by atoms with Gasteiger partial charge in [-0.25, -0.2) is 9.82 Å². The number of hydrogen-bond acceptors (Lipinski definition) is 7. The molecule has 1 fully saturated rings. The molecule has 10 heteroatoms. The zero-order chi connectivity index (χ0) is 20.4. The molecule has 1 amide bonds. The van der Waals surface area contributed by atoms with Crippen molar-refractivity contribution in [3.05, 3.63) is 23.0 Å². The summed E-state index contributed by atoms with van der Waals surface area (Å²) in [6, 6.07) is 2.67. The maximum Gasteiger partial charge on any atom is 0.316 e. The molecule has 0 unspecified atom stereocenters. The Morgan fingerprint density at radius 2 is 2.18 bits per heavy atom. The van der Waals surface area contributed by atoms with Gasteiger partial charge in [0.05, 0.1) is 23.1 Å². The standard InChI is InChI=1S/C18H25ClFN3O3S2/c1-2-3-6-9-26-17(24)12-27-16-11-15(14(20)10-13(16)19)22-28-18(25)23-8-5-4-7-21-23/h10-11,21-22H,2-9,12H2,1H3. The number of amides is 1. The maximum absolute atomic E-state index is 14.2. The average Bonchev–Trinajstić information content (AvgIpc) is 2.70. The number of rotatable bonds is 9. The van der Waals surface area contributed by atoms with Crippen molar-refractivity contribution in [3.8, 4) is 0 Å². The van der Waals surface area contributed by atoms with Gasteiger partial charge in [-0.2, -0.15) is 0 Å². The van der Waals surface area contributed by atoms with Crippen LogP contribution in [0.4, 0.5) is 14.9 Å².